The Bertz CT molecular complexity index is 764. The predicted octanol–water partition coefficient (Wildman–Crippen LogP) is 2.42. The molecule has 1 aromatic carbocycles. The van der Waals surface area contributed by atoms with Crippen molar-refractivity contribution in [3.63, 3.8) is 0 Å². The van der Waals surface area contributed by atoms with Crippen molar-refractivity contribution in [1.82, 2.24) is 9.97 Å². The number of carbonyl (C=O) groups excluding carboxylic acids is 1. The molecular formula is C15H14N4O. The maximum atomic E-state index is 12.6. The molecule has 2 heterocycles. The summed E-state index contributed by atoms with van der Waals surface area (Å²) in [6.45, 7) is 0. The first-order valence-corrected chi connectivity index (χ1v) is 6.22. The summed E-state index contributed by atoms with van der Waals surface area (Å²) in [6.07, 6.45) is 3.36. The molecule has 0 unspecified atom stereocenters. The highest BCUT2D eigenvalue weighted by atomic mass is 16.2. The van der Waals surface area contributed by atoms with Crippen molar-refractivity contribution in [2.24, 2.45) is 0 Å². The number of hydrogen-bond donors (Lipinski definition) is 2. The van der Waals surface area contributed by atoms with E-state index in [-0.39, 0.29) is 5.91 Å². The third-order valence-electron chi connectivity index (χ3n) is 3.23. The number of pyridine rings is 1. The summed E-state index contributed by atoms with van der Waals surface area (Å²) in [7, 11) is 1.70. The fourth-order valence-electron chi connectivity index (χ4n) is 2.15. The first-order valence-electron chi connectivity index (χ1n) is 6.22. The minimum absolute atomic E-state index is 0.124. The lowest BCUT2D eigenvalue weighted by Crippen LogP contribution is -2.26. The molecule has 0 bridgehead atoms. The molecule has 1 amide bonds. The highest BCUT2D eigenvalue weighted by Gasteiger charge is 2.18. The second kappa shape index (κ2) is 4.70. The van der Waals surface area contributed by atoms with E-state index >= 15 is 0 Å². The third-order valence-corrected chi connectivity index (χ3v) is 3.23. The third kappa shape index (κ3) is 1.99. The number of hydrogen-bond acceptors (Lipinski definition) is 3. The Hall–Kier alpha value is -2.82. The molecule has 0 saturated carbocycles. The van der Waals surface area contributed by atoms with Crippen molar-refractivity contribution in [3.05, 3.63) is 54.4 Å². The number of amides is 1. The molecule has 100 valence electrons. The van der Waals surface area contributed by atoms with Gasteiger partial charge in [0, 0.05) is 36.0 Å². The van der Waals surface area contributed by atoms with E-state index in [1.165, 1.54) is 4.90 Å². The van der Waals surface area contributed by atoms with Gasteiger partial charge in [0.15, 0.2) is 0 Å². The molecular weight excluding hydrogens is 252 g/mol. The summed E-state index contributed by atoms with van der Waals surface area (Å²) in [5, 5.41) is 0.817. The molecule has 2 aromatic heterocycles. The largest absolute Gasteiger partial charge is 0.399 e. The molecule has 0 atom stereocenters. The Balaban J connectivity index is 2.03. The van der Waals surface area contributed by atoms with Crippen LogP contribution in [0.15, 0.2) is 48.8 Å². The molecule has 0 saturated heterocycles. The molecule has 5 heteroatoms. The highest BCUT2D eigenvalue weighted by molar-refractivity contribution is 6.13. The van der Waals surface area contributed by atoms with E-state index in [4.69, 9.17) is 5.73 Å². The van der Waals surface area contributed by atoms with E-state index in [0.29, 0.717) is 17.1 Å². The predicted molar refractivity (Wildman–Crippen MR) is 79.7 cm³/mol. The molecule has 0 radical (unpaired) electrons. The maximum absolute atomic E-state index is 12.6. The van der Waals surface area contributed by atoms with Crippen LogP contribution in [-0.4, -0.2) is 22.9 Å². The second-order valence-electron chi connectivity index (χ2n) is 4.56. The fourth-order valence-corrected chi connectivity index (χ4v) is 2.15. The van der Waals surface area contributed by atoms with Crippen LogP contribution in [0.5, 0.6) is 0 Å². The average Bonchev–Trinajstić information content (AvgIpc) is 2.89. The molecule has 0 spiro atoms. The molecule has 5 nitrogen and oxygen atoms in total. The fraction of sp³-hybridized carbons (Fsp3) is 0.0667. The van der Waals surface area contributed by atoms with Gasteiger partial charge in [0.1, 0.15) is 5.82 Å². The Morgan fingerprint density at radius 3 is 2.90 bits per heavy atom. The molecule has 0 aliphatic carbocycles. The molecule has 3 N–H and O–H groups in total. The van der Waals surface area contributed by atoms with Crippen LogP contribution in [0.3, 0.4) is 0 Å². The van der Waals surface area contributed by atoms with Crippen molar-refractivity contribution < 1.29 is 4.79 Å². The summed E-state index contributed by atoms with van der Waals surface area (Å²) in [5.41, 5.74) is 7.89. The van der Waals surface area contributed by atoms with E-state index < -0.39 is 0 Å². The van der Waals surface area contributed by atoms with E-state index in [1.54, 1.807) is 37.6 Å². The van der Waals surface area contributed by atoms with E-state index in [0.717, 1.165) is 10.9 Å². The summed E-state index contributed by atoms with van der Waals surface area (Å²) >= 11 is 0. The lowest BCUT2D eigenvalue weighted by atomic mass is 10.1. The Morgan fingerprint density at radius 1 is 1.30 bits per heavy atom. The van der Waals surface area contributed by atoms with Crippen LogP contribution in [0.2, 0.25) is 0 Å². The molecule has 3 aromatic rings. The van der Waals surface area contributed by atoms with Gasteiger partial charge in [-0.05, 0) is 30.3 Å². The van der Waals surface area contributed by atoms with Gasteiger partial charge in [0.25, 0.3) is 5.91 Å². The number of benzene rings is 1. The highest BCUT2D eigenvalue weighted by Crippen LogP contribution is 2.23. The first kappa shape index (κ1) is 12.2. The molecule has 20 heavy (non-hydrogen) atoms. The lowest BCUT2D eigenvalue weighted by Gasteiger charge is -2.15. The number of nitrogens with two attached hydrogens (primary N) is 1. The number of fused-ring (bicyclic) bond motifs is 1. The number of nitrogens with one attached hydrogen (secondary N) is 1. The van der Waals surface area contributed by atoms with Crippen LogP contribution in [0.4, 0.5) is 11.5 Å². The Kier molecular flexibility index (Phi) is 2.87. The number of aromatic nitrogens is 2. The minimum atomic E-state index is -0.124. The van der Waals surface area contributed by atoms with Crippen molar-refractivity contribution in [3.8, 4) is 0 Å². The van der Waals surface area contributed by atoms with Crippen LogP contribution in [0, 0.1) is 0 Å². The van der Waals surface area contributed by atoms with Gasteiger partial charge in [-0.15, -0.1) is 0 Å². The van der Waals surface area contributed by atoms with Crippen LogP contribution >= 0.6 is 0 Å². The molecule has 0 aliphatic rings. The topological polar surface area (TPSA) is 75.0 Å². The van der Waals surface area contributed by atoms with Crippen LogP contribution < -0.4 is 10.6 Å². The van der Waals surface area contributed by atoms with E-state index in [2.05, 4.69) is 9.97 Å². The van der Waals surface area contributed by atoms with Gasteiger partial charge < -0.3 is 10.7 Å². The quantitative estimate of drug-likeness (QED) is 0.699. The summed E-state index contributed by atoms with van der Waals surface area (Å²) in [4.78, 5) is 21.3. The zero-order chi connectivity index (χ0) is 14.1. The first-order chi connectivity index (χ1) is 9.66. The number of anilines is 2. The standard InChI is InChI=1S/C15H14N4O/c1-19(14-4-2-3-7-17-14)15(20)12-9-18-13-6-5-10(16)8-11(12)13/h2-9,18H,16H2,1H3. The SMILES string of the molecule is CN(C(=O)c1c[nH]c2ccc(N)cc12)c1ccccn1. The minimum Gasteiger partial charge on any atom is -0.399 e. The van der Waals surface area contributed by atoms with Crippen molar-refractivity contribution in [2.45, 2.75) is 0 Å². The van der Waals surface area contributed by atoms with E-state index in [1.807, 2.05) is 18.2 Å². The average molecular weight is 266 g/mol. The normalized spacial score (nSPS) is 10.7. The molecule has 0 aliphatic heterocycles. The summed E-state index contributed by atoms with van der Waals surface area (Å²) in [6, 6.07) is 10.9. The Morgan fingerprint density at radius 2 is 2.15 bits per heavy atom. The smallest absolute Gasteiger partial charge is 0.261 e. The maximum Gasteiger partial charge on any atom is 0.261 e. The monoisotopic (exact) mass is 266 g/mol. The van der Waals surface area contributed by atoms with Gasteiger partial charge in [0.05, 0.1) is 5.56 Å². The van der Waals surface area contributed by atoms with Crippen molar-refractivity contribution in [1.29, 1.82) is 0 Å². The number of nitrogen functional groups attached to an aromatic ring is 1. The van der Waals surface area contributed by atoms with Crippen molar-refractivity contribution in [2.75, 3.05) is 17.7 Å². The van der Waals surface area contributed by atoms with E-state index in [9.17, 15) is 4.79 Å². The zero-order valence-electron chi connectivity index (χ0n) is 11.0. The van der Waals surface area contributed by atoms with Gasteiger partial charge in [-0.1, -0.05) is 6.07 Å². The van der Waals surface area contributed by atoms with Gasteiger partial charge >= 0.3 is 0 Å². The van der Waals surface area contributed by atoms with Crippen LogP contribution in [0.1, 0.15) is 10.4 Å². The van der Waals surface area contributed by atoms with Crippen LogP contribution in [-0.2, 0) is 0 Å². The lowest BCUT2D eigenvalue weighted by molar-refractivity contribution is 0.0994. The number of nitrogens with zero attached hydrogens (tertiary/aromatic N) is 2. The van der Waals surface area contributed by atoms with Gasteiger partial charge in [-0.3, -0.25) is 9.69 Å². The van der Waals surface area contributed by atoms with Crippen molar-refractivity contribution >= 4 is 28.3 Å². The number of H-pyrrole nitrogens is 1. The van der Waals surface area contributed by atoms with Gasteiger partial charge in [-0.2, -0.15) is 0 Å². The summed E-state index contributed by atoms with van der Waals surface area (Å²) < 4.78 is 0. The van der Waals surface area contributed by atoms with Crippen LogP contribution in [0.25, 0.3) is 10.9 Å². The van der Waals surface area contributed by atoms with Gasteiger partial charge in [0.2, 0.25) is 0 Å². The second-order valence-corrected chi connectivity index (χ2v) is 4.56. The summed E-state index contributed by atoms with van der Waals surface area (Å²) in [5.74, 6) is 0.483. The zero-order valence-corrected chi connectivity index (χ0v) is 11.0. The molecule has 3 rings (SSSR count). The molecule has 0 fully saturated rings. The number of carbonyl (C=O) groups is 1. The Labute approximate surface area is 116 Å². The number of aromatic amines is 1. The van der Waals surface area contributed by atoms with Gasteiger partial charge in [-0.25, -0.2) is 4.98 Å². The number of rotatable bonds is 2.